The fourth-order valence-electron chi connectivity index (χ4n) is 7.31. The molecule has 3 heterocycles. The predicted octanol–water partition coefficient (Wildman–Crippen LogP) is 4.71. The highest BCUT2D eigenvalue weighted by Crippen LogP contribution is 2.80. The van der Waals surface area contributed by atoms with Crippen LogP contribution in [-0.2, 0) is 15.3 Å². The summed E-state index contributed by atoms with van der Waals surface area (Å²) in [6, 6.07) is 15.8. The number of carbonyl (C=O) groups is 1. The van der Waals surface area contributed by atoms with Crippen LogP contribution < -0.4 is 9.47 Å². The smallest absolute Gasteiger partial charge is 0.273 e. The first kappa shape index (κ1) is 25.4. The molecule has 10 nitrogen and oxygen atoms in total. The molecule has 8 rings (SSSR count). The number of hydrogen-bond acceptors (Lipinski definition) is 10. The van der Waals surface area contributed by atoms with Gasteiger partial charge in [-0.25, -0.2) is 0 Å². The number of phenolic OH excluding ortho intramolecular Hbond substituents is 6. The van der Waals surface area contributed by atoms with Gasteiger partial charge >= 0.3 is 0 Å². The lowest BCUT2D eigenvalue weighted by atomic mass is 9.72. The van der Waals surface area contributed by atoms with Gasteiger partial charge in [0.1, 0.15) is 46.0 Å². The van der Waals surface area contributed by atoms with Gasteiger partial charge in [0.05, 0.1) is 17.4 Å². The van der Waals surface area contributed by atoms with Crippen molar-refractivity contribution >= 4 is 17.9 Å². The van der Waals surface area contributed by atoms with Crippen molar-refractivity contribution in [2.24, 2.45) is 0 Å². The van der Waals surface area contributed by atoms with E-state index in [0.717, 1.165) is 6.07 Å². The minimum absolute atomic E-state index is 0.0351. The monoisotopic (exact) mass is 580 g/mol. The molecule has 0 bridgehead atoms. The number of epoxide rings is 1. The summed E-state index contributed by atoms with van der Waals surface area (Å²) >= 11 is 0. The molecule has 1 aliphatic carbocycles. The normalized spacial score (nSPS) is 29.2. The van der Waals surface area contributed by atoms with Gasteiger partial charge in [-0.15, -0.1) is 0 Å². The molecular formula is C33H24O10. The Labute approximate surface area is 243 Å². The quantitative estimate of drug-likeness (QED) is 0.147. The largest absolute Gasteiger partial charge is 0.508 e. The molecule has 10 heteroatoms. The van der Waals surface area contributed by atoms with E-state index in [4.69, 9.17) is 14.2 Å². The van der Waals surface area contributed by atoms with Gasteiger partial charge in [0.25, 0.3) is 5.79 Å². The summed E-state index contributed by atoms with van der Waals surface area (Å²) in [6.45, 7) is 1.64. The van der Waals surface area contributed by atoms with E-state index in [2.05, 4.69) is 0 Å². The highest BCUT2D eigenvalue weighted by molar-refractivity contribution is 6.03. The minimum atomic E-state index is -1.70. The van der Waals surface area contributed by atoms with E-state index in [9.17, 15) is 35.4 Å². The Morgan fingerprint density at radius 2 is 1.42 bits per heavy atom. The lowest BCUT2D eigenvalue weighted by molar-refractivity contribution is -0.130. The van der Waals surface area contributed by atoms with Crippen LogP contribution >= 0.6 is 0 Å². The number of phenols is 6. The zero-order chi connectivity index (χ0) is 30.1. The molecule has 43 heavy (non-hydrogen) atoms. The third kappa shape index (κ3) is 3.07. The maximum atomic E-state index is 14.4. The van der Waals surface area contributed by atoms with Gasteiger partial charge < -0.3 is 44.8 Å². The first-order valence-electron chi connectivity index (χ1n) is 13.5. The molecule has 0 radical (unpaired) electrons. The fourth-order valence-corrected chi connectivity index (χ4v) is 7.31. The van der Waals surface area contributed by atoms with Gasteiger partial charge in [-0.3, -0.25) is 4.79 Å². The fraction of sp³-hybridized carbons (Fsp3) is 0.182. The van der Waals surface area contributed by atoms with Gasteiger partial charge in [0, 0.05) is 34.9 Å². The van der Waals surface area contributed by atoms with Gasteiger partial charge in [-0.2, -0.15) is 0 Å². The molecule has 6 N–H and O–H groups in total. The van der Waals surface area contributed by atoms with Gasteiger partial charge in [-0.05, 0) is 55.0 Å². The maximum Gasteiger partial charge on any atom is 0.273 e. The van der Waals surface area contributed by atoms with Gasteiger partial charge in [0.15, 0.2) is 17.0 Å². The SMILES string of the molecule is CC12Oc3cc(O)ccc3C1C13OC1(c1ccc(O)cc1O)Oc1cc(C=Cc4ccc(O)cc4O)cc(O)c1C3C2=O. The van der Waals surface area contributed by atoms with Crippen molar-refractivity contribution in [1.29, 1.82) is 0 Å². The number of fused-ring (bicyclic) bond motifs is 5. The van der Waals surface area contributed by atoms with Crippen LogP contribution in [0.1, 0.15) is 46.6 Å². The molecule has 1 saturated heterocycles. The average molecular weight is 581 g/mol. The van der Waals surface area contributed by atoms with Crippen molar-refractivity contribution < 1.29 is 49.6 Å². The van der Waals surface area contributed by atoms with Crippen LogP contribution in [0.5, 0.6) is 46.0 Å². The van der Waals surface area contributed by atoms with Crippen molar-refractivity contribution in [3.8, 4) is 46.0 Å². The van der Waals surface area contributed by atoms with Crippen molar-refractivity contribution in [3.05, 3.63) is 94.5 Å². The van der Waals surface area contributed by atoms with E-state index < -0.39 is 28.8 Å². The molecule has 1 spiro atoms. The molecule has 0 amide bonds. The van der Waals surface area contributed by atoms with E-state index in [1.165, 1.54) is 48.5 Å². The average Bonchev–Trinajstić information content (AvgIpc) is 3.44. The standard InChI is InChI=1S/C33H24O10/c1-31-29(20-8-6-19(36)14-25(20)41-31)32-28(30(31)40)27-24(39)10-15(2-3-16-4-5-17(34)12-22(16)37)11-26(27)42-33(32,43-32)21-9-7-18(35)13-23(21)38/h2-14,28-29,34-39H,1H3. The number of aromatic hydroxyl groups is 6. The van der Waals surface area contributed by atoms with E-state index in [1.54, 1.807) is 31.2 Å². The molecule has 4 aromatic rings. The number of Topliss-reactive ketones (excluding diaryl/α,β-unsaturated/α-hetero) is 1. The highest BCUT2D eigenvalue weighted by Gasteiger charge is 2.92. The summed E-state index contributed by atoms with van der Waals surface area (Å²) in [5.41, 5.74) is -1.02. The molecule has 5 unspecified atom stereocenters. The number of carbonyl (C=O) groups excluding carboxylic acids is 1. The molecule has 0 aromatic heterocycles. The Hall–Kier alpha value is -5.35. The molecule has 1 saturated carbocycles. The molecule has 3 aliphatic heterocycles. The third-order valence-corrected chi connectivity index (χ3v) is 9.07. The summed E-state index contributed by atoms with van der Waals surface area (Å²) in [5, 5.41) is 62.3. The zero-order valence-corrected chi connectivity index (χ0v) is 22.5. The van der Waals surface area contributed by atoms with E-state index in [-0.39, 0.29) is 57.2 Å². The van der Waals surface area contributed by atoms with E-state index in [1.807, 2.05) is 0 Å². The number of rotatable bonds is 3. The van der Waals surface area contributed by atoms with Gasteiger partial charge in [0.2, 0.25) is 0 Å². The van der Waals surface area contributed by atoms with Crippen LogP contribution in [0, 0.1) is 0 Å². The summed E-state index contributed by atoms with van der Waals surface area (Å²) in [7, 11) is 0. The Balaban J connectivity index is 1.32. The molecule has 4 aromatic carbocycles. The Kier molecular flexibility index (Phi) is 4.68. The van der Waals surface area contributed by atoms with E-state index in [0.29, 0.717) is 22.4 Å². The van der Waals surface area contributed by atoms with Crippen molar-refractivity contribution in [1.82, 2.24) is 0 Å². The van der Waals surface area contributed by atoms with Crippen LogP contribution in [0.4, 0.5) is 0 Å². The second-order valence-electron chi connectivity index (χ2n) is 11.5. The first-order chi connectivity index (χ1) is 20.5. The van der Waals surface area contributed by atoms with Crippen LogP contribution in [0.3, 0.4) is 0 Å². The first-order valence-corrected chi connectivity index (χ1v) is 13.5. The van der Waals surface area contributed by atoms with E-state index >= 15 is 0 Å². The predicted molar refractivity (Wildman–Crippen MR) is 150 cm³/mol. The number of ether oxygens (including phenoxy) is 3. The Morgan fingerprint density at radius 3 is 2.16 bits per heavy atom. The maximum absolute atomic E-state index is 14.4. The summed E-state index contributed by atoms with van der Waals surface area (Å²) in [4.78, 5) is 14.4. The third-order valence-electron chi connectivity index (χ3n) is 9.07. The lowest BCUT2D eigenvalue weighted by Crippen LogP contribution is -2.41. The van der Waals surface area contributed by atoms with Gasteiger partial charge in [-0.1, -0.05) is 18.2 Å². The van der Waals surface area contributed by atoms with Crippen molar-refractivity contribution in [2.45, 2.75) is 35.7 Å². The zero-order valence-electron chi connectivity index (χ0n) is 22.5. The summed E-state index contributed by atoms with van der Waals surface area (Å²) < 4.78 is 19.3. The molecule has 2 fully saturated rings. The highest BCUT2D eigenvalue weighted by atomic mass is 16.8. The minimum Gasteiger partial charge on any atom is -0.508 e. The summed E-state index contributed by atoms with van der Waals surface area (Å²) in [5.74, 6) is -4.40. The number of benzene rings is 4. The molecule has 5 atom stereocenters. The topological polar surface area (TPSA) is 169 Å². The number of ketones is 1. The Morgan fingerprint density at radius 1 is 0.721 bits per heavy atom. The second kappa shape index (κ2) is 7.93. The van der Waals surface area contributed by atoms with Crippen LogP contribution in [0.2, 0.25) is 0 Å². The van der Waals surface area contributed by atoms with Crippen LogP contribution in [0.25, 0.3) is 12.2 Å². The van der Waals surface area contributed by atoms with Crippen LogP contribution in [-0.4, -0.2) is 47.6 Å². The number of hydrogen-bond donors (Lipinski definition) is 6. The Bertz CT molecular complexity index is 1950. The van der Waals surface area contributed by atoms with Crippen molar-refractivity contribution in [2.75, 3.05) is 0 Å². The second-order valence-corrected chi connectivity index (χ2v) is 11.5. The lowest BCUT2D eigenvalue weighted by Gasteiger charge is -2.32. The van der Waals surface area contributed by atoms with Crippen molar-refractivity contribution in [3.63, 3.8) is 0 Å². The molecular weight excluding hydrogens is 556 g/mol. The van der Waals surface area contributed by atoms with Crippen LogP contribution in [0.15, 0.2) is 66.7 Å². The molecule has 4 aliphatic rings. The molecule has 216 valence electrons. The summed E-state index contributed by atoms with van der Waals surface area (Å²) in [6.07, 6.45) is 3.21.